The van der Waals surface area contributed by atoms with E-state index in [4.69, 9.17) is 4.74 Å². The van der Waals surface area contributed by atoms with Crippen molar-refractivity contribution in [3.63, 3.8) is 0 Å². The van der Waals surface area contributed by atoms with Gasteiger partial charge < -0.3 is 10.1 Å². The minimum absolute atomic E-state index is 0.0536. The van der Waals surface area contributed by atoms with Crippen molar-refractivity contribution in [3.8, 4) is 0 Å². The first-order chi connectivity index (χ1) is 8.07. The molecule has 1 rings (SSSR count). The molecule has 1 aromatic carbocycles. The summed E-state index contributed by atoms with van der Waals surface area (Å²) < 4.78 is 30.8. The Morgan fingerprint density at radius 1 is 1.35 bits per heavy atom. The van der Waals surface area contributed by atoms with Gasteiger partial charge in [0.2, 0.25) is 10.0 Å². The van der Waals surface area contributed by atoms with Crippen LogP contribution in [0.3, 0.4) is 0 Å². The normalized spacial score (nSPS) is 11.4. The van der Waals surface area contributed by atoms with E-state index < -0.39 is 10.0 Å². The van der Waals surface area contributed by atoms with Gasteiger partial charge in [0.15, 0.2) is 0 Å². The minimum atomic E-state index is -3.28. The molecule has 0 aromatic heterocycles. The Morgan fingerprint density at radius 3 is 2.76 bits per heavy atom. The Labute approximate surface area is 102 Å². The van der Waals surface area contributed by atoms with Crippen molar-refractivity contribution in [3.05, 3.63) is 29.8 Å². The highest BCUT2D eigenvalue weighted by atomic mass is 32.2. The standard InChI is InChI=1S/C11H18N2O3S/c1-12-6-7-17(14,15)13-11-5-3-4-10(8-11)9-16-2/h3-5,8,12-13H,6-7,9H2,1-2H3. The number of methoxy groups -OCH3 is 1. The number of hydrogen-bond acceptors (Lipinski definition) is 4. The highest BCUT2D eigenvalue weighted by Gasteiger charge is 2.09. The average molecular weight is 258 g/mol. The summed E-state index contributed by atoms with van der Waals surface area (Å²) in [6, 6.07) is 7.16. The Bertz CT molecular complexity index is 446. The maximum Gasteiger partial charge on any atom is 0.233 e. The summed E-state index contributed by atoms with van der Waals surface area (Å²) >= 11 is 0. The molecule has 0 saturated carbocycles. The second kappa shape index (κ2) is 6.58. The number of benzene rings is 1. The van der Waals surface area contributed by atoms with Gasteiger partial charge >= 0.3 is 0 Å². The first kappa shape index (κ1) is 14.0. The number of rotatable bonds is 7. The molecule has 0 fully saturated rings. The van der Waals surface area contributed by atoms with Crippen molar-refractivity contribution in [1.29, 1.82) is 0 Å². The molecule has 96 valence electrons. The second-order valence-electron chi connectivity index (χ2n) is 3.66. The lowest BCUT2D eigenvalue weighted by molar-refractivity contribution is 0.185. The van der Waals surface area contributed by atoms with Crippen molar-refractivity contribution < 1.29 is 13.2 Å². The number of anilines is 1. The first-order valence-corrected chi connectivity index (χ1v) is 6.95. The summed E-state index contributed by atoms with van der Waals surface area (Å²) in [7, 11) is 0.0361. The number of sulfonamides is 1. The summed E-state index contributed by atoms with van der Waals surface area (Å²) in [5, 5.41) is 2.80. The molecule has 2 N–H and O–H groups in total. The van der Waals surface area contributed by atoms with Gasteiger partial charge in [0.25, 0.3) is 0 Å². The van der Waals surface area contributed by atoms with Crippen molar-refractivity contribution in [1.82, 2.24) is 5.32 Å². The van der Waals surface area contributed by atoms with Crippen molar-refractivity contribution in [2.24, 2.45) is 0 Å². The Hall–Kier alpha value is -1.11. The predicted molar refractivity (Wildman–Crippen MR) is 68.5 cm³/mol. The maximum atomic E-state index is 11.6. The third-order valence-corrected chi connectivity index (χ3v) is 3.42. The summed E-state index contributed by atoms with van der Waals surface area (Å²) in [6.07, 6.45) is 0. The molecule has 0 radical (unpaired) electrons. The van der Waals surface area contributed by atoms with E-state index in [0.29, 0.717) is 18.8 Å². The average Bonchev–Trinajstić information content (AvgIpc) is 2.27. The molecule has 0 aliphatic rings. The van der Waals surface area contributed by atoms with Crippen molar-refractivity contribution >= 4 is 15.7 Å². The van der Waals surface area contributed by atoms with Gasteiger partial charge in [0.1, 0.15) is 0 Å². The molecular formula is C11H18N2O3S. The van der Waals surface area contributed by atoms with Crippen LogP contribution in [0.1, 0.15) is 5.56 Å². The van der Waals surface area contributed by atoms with E-state index >= 15 is 0 Å². The lowest BCUT2D eigenvalue weighted by atomic mass is 10.2. The molecule has 6 heteroatoms. The fraction of sp³-hybridized carbons (Fsp3) is 0.455. The Balaban J connectivity index is 2.70. The molecule has 0 spiro atoms. The molecule has 0 atom stereocenters. The van der Waals surface area contributed by atoms with Crippen molar-refractivity contribution in [2.75, 3.05) is 31.2 Å². The molecule has 0 bridgehead atoms. The zero-order chi connectivity index (χ0) is 12.7. The predicted octanol–water partition coefficient (Wildman–Crippen LogP) is 0.794. The fourth-order valence-electron chi connectivity index (χ4n) is 1.36. The summed E-state index contributed by atoms with van der Waals surface area (Å²) in [5.74, 6) is 0.0536. The van der Waals surface area contributed by atoms with Crippen LogP contribution in [0.4, 0.5) is 5.69 Å². The Morgan fingerprint density at radius 2 is 2.12 bits per heavy atom. The van der Waals surface area contributed by atoms with E-state index in [1.54, 1.807) is 32.4 Å². The van der Waals surface area contributed by atoms with Crippen LogP contribution in [0, 0.1) is 0 Å². The smallest absolute Gasteiger partial charge is 0.233 e. The topological polar surface area (TPSA) is 67.4 Å². The van der Waals surface area contributed by atoms with Crippen molar-refractivity contribution in [2.45, 2.75) is 6.61 Å². The molecular weight excluding hydrogens is 240 g/mol. The fourth-order valence-corrected chi connectivity index (χ4v) is 2.42. The van der Waals surface area contributed by atoms with Gasteiger partial charge in [-0.15, -0.1) is 0 Å². The van der Waals surface area contributed by atoms with Crippen LogP contribution >= 0.6 is 0 Å². The molecule has 0 amide bonds. The highest BCUT2D eigenvalue weighted by Crippen LogP contribution is 2.13. The number of hydrogen-bond donors (Lipinski definition) is 2. The largest absolute Gasteiger partial charge is 0.380 e. The van der Waals surface area contributed by atoms with E-state index in [2.05, 4.69) is 10.0 Å². The molecule has 5 nitrogen and oxygen atoms in total. The van der Waals surface area contributed by atoms with E-state index in [0.717, 1.165) is 5.56 Å². The maximum absolute atomic E-state index is 11.6. The SMILES string of the molecule is CNCCS(=O)(=O)Nc1cccc(COC)c1. The molecule has 0 heterocycles. The van der Waals surface area contributed by atoms with E-state index in [1.165, 1.54) is 0 Å². The molecule has 17 heavy (non-hydrogen) atoms. The number of nitrogens with one attached hydrogen (secondary N) is 2. The second-order valence-corrected chi connectivity index (χ2v) is 5.50. The summed E-state index contributed by atoms with van der Waals surface area (Å²) in [5.41, 5.74) is 1.50. The van der Waals surface area contributed by atoms with Crippen LogP contribution in [0.2, 0.25) is 0 Å². The van der Waals surface area contributed by atoms with E-state index in [-0.39, 0.29) is 5.75 Å². The molecule has 0 aliphatic heterocycles. The van der Waals surface area contributed by atoms with Crippen LogP contribution < -0.4 is 10.0 Å². The molecule has 0 saturated heterocycles. The van der Waals surface area contributed by atoms with Gasteiger partial charge in [-0.25, -0.2) is 8.42 Å². The monoisotopic (exact) mass is 258 g/mol. The lowest BCUT2D eigenvalue weighted by Crippen LogP contribution is -2.24. The summed E-state index contributed by atoms with van der Waals surface area (Å²) in [6.45, 7) is 0.888. The van der Waals surface area contributed by atoms with Gasteiger partial charge in [0.05, 0.1) is 12.4 Å². The van der Waals surface area contributed by atoms with Gasteiger partial charge in [-0.1, -0.05) is 12.1 Å². The van der Waals surface area contributed by atoms with Gasteiger partial charge in [-0.2, -0.15) is 0 Å². The van der Waals surface area contributed by atoms with Gasteiger partial charge in [-0.3, -0.25) is 4.72 Å². The van der Waals surface area contributed by atoms with Crippen LogP contribution in [-0.2, 0) is 21.4 Å². The van der Waals surface area contributed by atoms with Gasteiger partial charge in [0, 0.05) is 19.3 Å². The van der Waals surface area contributed by atoms with Crippen LogP contribution in [0.5, 0.6) is 0 Å². The quantitative estimate of drug-likeness (QED) is 0.759. The third kappa shape index (κ3) is 5.16. The zero-order valence-electron chi connectivity index (χ0n) is 10.1. The van der Waals surface area contributed by atoms with Crippen LogP contribution in [-0.4, -0.2) is 34.9 Å². The Kier molecular flexibility index (Phi) is 5.40. The number of ether oxygens (including phenoxy) is 1. The van der Waals surface area contributed by atoms with Crippen LogP contribution in [0.15, 0.2) is 24.3 Å². The first-order valence-electron chi connectivity index (χ1n) is 5.30. The lowest BCUT2D eigenvalue weighted by Gasteiger charge is -2.09. The minimum Gasteiger partial charge on any atom is -0.380 e. The summed E-state index contributed by atoms with van der Waals surface area (Å²) in [4.78, 5) is 0. The van der Waals surface area contributed by atoms with Gasteiger partial charge in [-0.05, 0) is 24.7 Å². The third-order valence-electron chi connectivity index (χ3n) is 2.13. The van der Waals surface area contributed by atoms with Crippen LogP contribution in [0.25, 0.3) is 0 Å². The molecule has 1 aromatic rings. The van der Waals surface area contributed by atoms with E-state index in [9.17, 15) is 8.42 Å². The highest BCUT2D eigenvalue weighted by molar-refractivity contribution is 7.92. The molecule has 0 aliphatic carbocycles. The molecule has 0 unspecified atom stereocenters. The zero-order valence-corrected chi connectivity index (χ0v) is 10.9. The van der Waals surface area contributed by atoms with E-state index in [1.807, 2.05) is 6.07 Å².